The molecule has 1 atom stereocenters. The summed E-state index contributed by atoms with van der Waals surface area (Å²) >= 11 is 0. The Morgan fingerprint density at radius 1 is 1.21 bits per heavy atom. The average molecular weight is 267 g/mol. The second-order valence-electron chi connectivity index (χ2n) is 5.32. The number of phenolic OH excluding ortho intramolecular Hbond substituents is 1. The first-order valence-electron chi connectivity index (χ1n) is 6.67. The smallest absolute Gasteiger partial charge is 0.123 e. The quantitative estimate of drug-likeness (QED) is 0.738. The van der Waals surface area contributed by atoms with E-state index >= 15 is 0 Å². The van der Waals surface area contributed by atoms with Gasteiger partial charge < -0.3 is 20.3 Å². The molecule has 1 rings (SSSR count). The molecule has 0 spiro atoms. The molecule has 0 radical (unpaired) electrons. The summed E-state index contributed by atoms with van der Waals surface area (Å²) in [4.78, 5) is 0. The maximum absolute atomic E-state index is 9.82. The third kappa shape index (κ3) is 4.40. The van der Waals surface area contributed by atoms with Crippen LogP contribution in [0.2, 0.25) is 0 Å². The van der Waals surface area contributed by atoms with Gasteiger partial charge in [-0.3, -0.25) is 0 Å². The van der Waals surface area contributed by atoms with Gasteiger partial charge in [-0.05, 0) is 43.5 Å². The Morgan fingerprint density at radius 3 is 2.42 bits per heavy atom. The van der Waals surface area contributed by atoms with Crippen molar-refractivity contribution in [1.82, 2.24) is 5.32 Å². The molecule has 4 heteroatoms. The van der Waals surface area contributed by atoms with Gasteiger partial charge in [0.15, 0.2) is 0 Å². The van der Waals surface area contributed by atoms with Crippen molar-refractivity contribution in [3.8, 4) is 11.5 Å². The second kappa shape index (κ2) is 6.78. The first-order valence-corrected chi connectivity index (χ1v) is 6.67. The molecule has 0 aliphatic carbocycles. The standard InChI is InChI=1S/C15H25NO3/c1-9(2)16-7-13(17)8-19-14-6-10(3)15(18)12(5)11(14)4/h6,9,13,16-18H,7-8H2,1-5H3. The number of nitrogens with one attached hydrogen (secondary N) is 1. The van der Waals surface area contributed by atoms with E-state index in [0.29, 0.717) is 18.3 Å². The lowest BCUT2D eigenvalue weighted by Gasteiger charge is -2.18. The largest absolute Gasteiger partial charge is 0.507 e. The van der Waals surface area contributed by atoms with Crippen molar-refractivity contribution in [2.24, 2.45) is 0 Å². The van der Waals surface area contributed by atoms with Gasteiger partial charge in [0.25, 0.3) is 0 Å². The van der Waals surface area contributed by atoms with Crippen molar-refractivity contribution < 1.29 is 14.9 Å². The Labute approximate surface area is 115 Å². The number of phenols is 1. The molecule has 19 heavy (non-hydrogen) atoms. The minimum absolute atomic E-state index is 0.240. The highest BCUT2D eigenvalue weighted by Crippen LogP contribution is 2.31. The van der Waals surface area contributed by atoms with E-state index in [4.69, 9.17) is 4.74 Å². The summed E-state index contributed by atoms with van der Waals surface area (Å²) in [7, 11) is 0. The highest BCUT2D eigenvalue weighted by atomic mass is 16.5. The number of aryl methyl sites for hydroxylation is 1. The molecule has 3 N–H and O–H groups in total. The van der Waals surface area contributed by atoms with Crippen LogP contribution in [0.15, 0.2) is 6.07 Å². The van der Waals surface area contributed by atoms with Crippen LogP contribution in [0.3, 0.4) is 0 Å². The summed E-state index contributed by atoms with van der Waals surface area (Å²) in [6, 6.07) is 2.15. The highest BCUT2D eigenvalue weighted by molar-refractivity contribution is 5.51. The van der Waals surface area contributed by atoms with Crippen molar-refractivity contribution in [3.63, 3.8) is 0 Å². The Kier molecular flexibility index (Phi) is 5.63. The fourth-order valence-electron chi connectivity index (χ4n) is 1.80. The number of hydrogen-bond donors (Lipinski definition) is 3. The van der Waals surface area contributed by atoms with Gasteiger partial charge in [0.1, 0.15) is 24.2 Å². The zero-order chi connectivity index (χ0) is 14.6. The first kappa shape index (κ1) is 15.8. The SMILES string of the molecule is Cc1cc(OCC(O)CNC(C)C)c(C)c(C)c1O. The summed E-state index contributed by atoms with van der Waals surface area (Å²) in [6.45, 7) is 10.4. The van der Waals surface area contributed by atoms with Crippen LogP contribution >= 0.6 is 0 Å². The predicted octanol–water partition coefficient (Wildman–Crippen LogP) is 2.06. The van der Waals surface area contributed by atoms with Crippen molar-refractivity contribution >= 4 is 0 Å². The molecule has 0 amide bonds. The highest BCUT2D eigenvalue weighted by Gasteiger charge is 2.12. The third-order valence-electron chi connectivity index (χ3n) is 3.20. The molecular weight excluding hydrogens is 242 g/mol. The lowest BCUT2D eigenvalue weighted by atomic mass is 10.0. The van der Waals surface area contributed by atoms with E-state index in [-0.39, 0.29) is 6.61 Å². The minimum atomic E-state index is -0.545. The van der Waals surface area contributed by atoms with Crippen LogP contribution in [-0.4, -0.2) is 35.5 Å². The minimum Gasteiger partial charge on any atom is -0.507 e. The summed E-state index contributed by atoms with van der Waals surface area (Å²) in [5, 5.41) is 22.8. The molecule has 4 nitrogen and oxygen atoms in total. The molecule has 0 heterocycles. The summed E-state index contributed by atoms with van der Waals surface area (Å²) < 4.78 is 5.65. The van der Waals surface area contributed by atoms with Crippen LogP contribution in [0.25, 0.3) is 0 Å². The topological polar surface area (TPSA) is 61.7 Å². The molecule has 0 saturated carbocycles. The Balaban J connectivity index is 2.63. The number of benzene rings is 1. The first-order chi connectivity index (χ1) is 8.82. The van der Waals surface area contributed by atoms with Crippen molar-refractivity contribution in [1.29, 1.82) is 0 Å². The van der Waals surface area contributed by atoms with Crippen LogP contribution < -0.4 is 10.1 Å². The summed E-state index contributed by atoms with van der Waals surface area (Å²) in [5.41, 5.74) is 2.52. The van der Waals surface area contributed by atoms with Gasteiger partial charge in [-0.25, -0.2) is 0 Å². The molecule has 1 aromatic carbocycles. The molecule has 0 aliphatic rings. The van der Waals surface area contributed by atoms with E-state index in [9.17, 15) is 10.2 Å². The number of aromatic hydroxyl groups is 1. The van der Waals surface area contributed by atoms with E-state index in [1.165, 1.54) is 0 Å². The zero-order valence-electron chi connectivity index (χ0n) is 12.4. The number of hydrogen-bond acceptors (Lipinski definition) is 4. The van der Waals surface area contributed by atoms with E-state index in [1.807, 2.05) is 34.6 Å². The van der Waals surface area contributed by atoms with Crippen molar-refractivity contribution in [2.75, 3.05) is 13.2 Å². The Hall–Kier alpha value is -1.26. The second-order valence-corrected chi connectivity index (χ2v) is 5.32. The Morgan fingerprint density at radius 2 is 1.84 bits per heavy atom. The van der Waals surface area contributed by atoms with Gasteiger partial charge in [-0.15, -0.1) is 0 Å². The van der Waals surface area contributed by atoms with Gasteiger partial charge in [-0.1, -0.05) is 13.8 Å². The van der Waals surface area contributed by atoms with Gasteiger partial charge in [0.2, 0.25) is 0 Å². The summed E-state index contributed by atoms with van der Waals surface area (Å²) in [5.74, 6) is 1.03. The van der Waals surface area contributed by atoms with Crippen LogP contribution in [0, 0.1) is 20.8 Å². The molecular formula is C15H25NO3. The normalized spacial score (nSPS) is 12.8. The van der Waals surface area contributed by atoms with Crippen molar-refractivity contribution in [3.05, 3.63) is 22.8 Å². The molecule has 0 bridgehead atoms. The van der Waals surface area contributed by atoms with Gasteiger partial charge in [0.05, 0.1) is 0 Å². The molecule has 0 fully saturated rings. The predicted molar refractivity (Wildman–Crippen MR) is 77.0 cm³/mol. The fraction of sp³-hybridized carbons (Fsp3) is 0.600. The molecule has 108 valence electrons. The van der Waals surface area contributed by atoms with Crippen molar-refractivity contribution in [2.45, 2.75) is 46.8 Å². The number of ether oxygens (including phenoxy) is 1. The molecule has 1 aromatic rings. The maximum Gasteiger partial charge on any atom is 0.123 e. The van der Waals surface area contributed by atoms with Crippen LogP contribution in [-0.2, 0) is 0 Å². The number of aliphatic hydroxyl groups is 1. The molecule has 0 aromatic heterocycles. The van der Waals surface area contributed by atoms with Gasteiger partial charge in [-0.2, -0.15) is 0 Å². The van der Waals surface area contributed by atoms with Crippen LogP contribution in [0.1, 0.15) is 30.5 Å². The molecule has 0 saturated heterocycles. The van der Waals surface area contributed by atoms with E-state index in [0.717, 1.165) is 22.4 Å². The molecule has 0 aliphatic heterocycles. The van der Waals surface area contributed by atoms with E-state index < -0.39 is 6.10 Å². The average Bonchev–Trinajstić information content (AvgIpc) is 2.36. The lowest BCUT2D eigenvalue weighted by Crippen LogP contribution is -2.35. The van der Waals surface area contributed by atoms with Crippen LogP contribution in [0.5, 0.6) is 11.5 Å². The van der Waals surface area contributed by atoms with E-state index in [2.05, 4.69) is 5.32 Å². The lowest BCUT2D eigenvalue weighted by molar-refractivity contribution is 0.104. The maximum atomic E-state index is 9.82. The van der Waals surface area contributed by atoms with Gasteiger partial charge in [0, 0.05) is 12.6 Å². The Bertz CT molecular complexity index is 430. The fourth-order valence-corrected chi connectivity index (χ4v) is 1.80. The monoisotopic (exact) mass is 267 g/mol. The zero-order valence-corrected chi connectivity index (χ0v) is 12.4. The van der Waals surface area contributed by atoms with Crippen LogP contribution in [0.4, 0.5) is 0 Å². The molecule has 1 unspecified atom stereocenters. The summed E-state index contributed by atoms with van der Waals surface area (Å²) in [6.07, 6.45) is -0.545. The third-order valence-corrected chi connectivity index (χ3v) is 3.20. The number of rotatable bonds is 6. The van der Waals surface area contributed by atoms with E-state index in [1.54, 1.807) is 6.07 Å². The number of aliphatic hydroxyl groups excluding tert-OH is 1. The van der Waals surface area contributed by atoms with Gasteiger partial charge >= 0.3 is 0 Å².